The summed E-state index contributed by atoms with van der Waals surface area (Å²) in [4.78, 5) is 16.8. The highest BCUT2D eigenvalue weighted by atomic mass is 16.1. The predicted molar refractivity (Wildman–Crippen MR) is 82.5 cm³/mol. The van der Waals surface area contributed by atoms with E-state index in [-0.39, 0.29) is 5.78 Å². The van der Waals surface area contributed by atoms with Crippen LogP contribution in [0.3, 0.4) is 0 Å². The second kappa shape index (κ2) is 5.13. The van der Waals surface area contributed by atoms with Crippen LogP contribution in [0.15, 0.2) is 36.7 Å². The Balaban J connectivity index is 2.02. The molecule has 0 radical (unpaired) electrons. The molecule has 0 aliphatic carbocycles. The lowest BCUT2D eigenvalue weighted by Gasteiger charge is -2.06. The van der Waals surface area contributed by atoms with Gasteiger partial charge >= 0.3 is 0 Å². The van der Waals surface area contributed by atoms with Gasteiger partial charge in [-0.15, -0.1) is 0 Å². The molecule has 2 heterocycles. The van der Waals surface area contributed by atoms with Crippen molar-refractivity contribution in [3.05, 3.63) is 59.2 Å². The van der Waals surface area contributed by atoms with E-state index in [0.717, 1.165) is 33.3 Å². The second-order valence-corrected chi connectivity index (χ2v) is 5.28. The summed E-state index contributed by atoms with van der Waals surface area (Å²) < 4.78 is 1.82. The van der Waals surface area contributed by atoms with E-state index in [0.29, 0.717) is 6.42 Å². The zero-order valence-electron chi connectivity index (χ0n) is 12.4. The van der Waals surface area contributed by atoms with E-state index >= 15 is 0 Å². The minimum absolute atomic E-state index is 0.117. The van der Waals surface area contributed by atoms with Gasteiger partial charge in [-0.25, -0.2) is 0 Å². The average molecular weight is 279 g/mol. The maximum atomic E-state index is 12.7. The van der Waals surface area contributed by atoms with E-state index in [2.05, 4.69) is 10.1 Å². The van der Waals surface area contributed by atoms with Crippen molar-refractivity contribution >= 4 is 16.6 Å². The maximum absolute atomic E-state index is 12.7. The Labute approximate surface area is 123 Å². The highest BCUT2D eigenvalue weighted by Gasteiger charge is 2.16. The molecular formula is C17H17N3O. The fraction of sp³-hybridized carbons (Fsp3) is 0.235. The first-order chi connectivity index (χ1) is 10.1. The van der Waals surface area contributed by atoms with Crippen molar-refractivity contribution in [2.45, 2.75) is 20.3 Å². The van der Waals surface area contributed by atoms with E-state index in [9.17, 15) is 4.79 Å². The quantitative estimate of drug-likeness (QED) is 0.692. The number of pyridine rings is 1. The summed E-state index contributed by atoms with van der Waals surface area (Å²) in [5, 5.41) is 6.32. The molecule has 3 aromatic rings. The molecule has 4 heteroatoms. The second-order valence-electron chi connectivity index (χ2n) is 5.28. The Kier molecular flexibility index (Phi) is 3.29. The summed E-state index contributed by atoms with van der Waals surface area (Å²) in [5.74, 6) is 0.117. The molecule has 0 amide bonds. The van der Waals surface area contributed by atoms with Gasteiger partial charge in [-0.05, 0) is 25.3 Å². The zero-order chi connectivity index (χ0) is 15.0. The van der Waals surface area contributed by atoms with Gasteiger partial charge in [-0.1, -0.05) is 18.2 Å². The van der Waals surface area contributed by atoms with Crippen LogP contribution in [0, 0.1) is 13.8 Å². The van der Waals surface area contributed by atoms with Crippen LogP contribution in [0.4, 0.5) is 0 Å². The van der Waals surface area contributed by atoms with Crippen molar-refractivity contribution in [1.82, 2.24) is 14.8 Å². The standard InChI is InChI=1S/C17H17N3O/c1-11-16(12(2)20(3)19-11)9-17(21)15-6-4-5-13-10-18-8-7-14(13)15/h4-8,10H,9H2,1-3H3. The lowest BCUT2D eigenvalue weighted by molar-refractivity contribution is 0.0994. The number of aryl methyl sites for hydroxylation is 2. The van der Waals surface area contributed by atoms with Crippen LogP contribution in [0.1, 0.15) is 27.3 Å². The minimum atomic E-state index is 0.117. The van der Waals surface area contributed by atoms with Gasteiger partial charge in [0.15, 0.2) is 5.78 Å². The third-order valence-electron chi connectivity index (χ3n) is 3.98. The number of benzene rings is 1. The van der Waals surface area contributed by atoms with E-state index in [1.54, 1.807) is 12.4 Å². The molecule has 0 atom stereocenters. The molecule has 0 aliphatic heterocycles. The summed E-state index contributed by atoms with van der Waals surface area (Å²) >= 11 is 0. The number of ketones is 1. The Morgan fingerprint density at radius 2 is 2.05 bits per heavy atom. The first-order valence-corrected chi connectivity index (χ1v) is 6.93. The molecule has 0 fully saturated rings. The summed E-state index contributed by atoms with van der Waals surface area (Å²) in [7, 11) is 1.90. The zero-order valence-corrected chi connectivity index (χ0v) is 12.4. The van der Waals surface area contributed by atoms with Gasteiger partial charge in [0.2, 0.25) is 0 Å². The third-order valence-corrected chi connectivity index (χ3v) is 3.98. The number of nitrogens with zero attached hydrogens (tertiary/aromatic N) is 3. The number of carbonyl (C=O) groups excluding carboxylic acids is 1. The van der Waals surface area contributed by atoms with Crippen molar-refractivity contribution in [3.8, 4) is 0 Å². The number of fused-ring (bicyclic) bond motifs is 1. The number of carbonyl (C=O) groups is 1. The molecular weight excluding hydrogens is 262 g/mol. The fourth-order valence-corrected chi connectivity index (χ4v) is 2.69. The molecule has 106 valence electrons. The predicted octanol–water partition coefficient (Wildman–Crippen LogP) is 3.01. The topological polar surface area (TPSA) is 47.8 Å². The number of hydrogen-bond acceptors (Lipinski definition) is 3. The van der Waals surface area contributed by atoms with Gasteiger partial charge in [-0.2, -0.15) is 5.10 Å². The van der Waals surface area contributed by atoms with Crippen LogP contribution in [-0.4, -0.2) is 20.5 Å². The summed E-state index contributed by atoms with van der Waals surface area (Å²) in [5.41, 5.74) is 3.74. The smallest absolute Gasteiger partial charge is 0.167 e. The lowest BCUT2D eigenvalue weighted by atomic mass is 9.97. The Morgan fingerprint density at radius 3 is 2.76 bits per heavy atom. The molecule has 0 N–H and O–H groups in total. The van der Waals surface area contributed by atoms with Crippen LogP contribution in [0.25, 0.3) is 10.8 Å². The van der Waals surface area contributed by atoms with Crippen molar-refractivity contribution in [2.75, 3.05) is 0 Å². The van der Waals surface area contributed by atoms with Crippen molar-refractivity contribution in [3.63, 3.8) is 0 Å². The molecule has 21 heavy (non-hydrogen) atoms. The molecule has 0 unspecified atom stereocenters. The normalized spacial score (nSPS) is 11.0. The van der Waals surface area contributed by atoms with Gasteiger partial charge in [0.1, 0.15) is 0 Å². The number of Topliss-reactive ketones (excluding diaryl/α,β-unsaturated/α-hetero) is 1. The van der Waals surface area contributed by atoms with E-state index in [1.165, 1.54) is 0 Å². The molecule has 0 aliphatic rings. The van der Waals surface area contributed by atoms with E-state index in [1.807, 2.05) is 49.8 Å². The molecule has 2 aromatic heterocycles. The van der Waals surface area contributed by atoms with Crippen LogP contribution in [0.5, 0.6) is 0 Å². The maximum Gasteiger partial charge on any atom is 0.167 e. The Hall–Kier alpha value is -2.49. The lowest BCUT2D eigenvalue weighted by Crippen LogP contribution is -2.06. The van der Waals surface area contributed by atoms with Crippen LogP contribution in [0.2, 0.25) is 0 Å². The molecule has 0 spiro atoms. The number of hydrogen-bond donors (Lipinski definition) is 0. The monoisotopic (exact) mass is 279 g/mol. The third kappa shape index (κ3) is 2.33. The average Bonchev–Trinajstić information content (AvgIpc) is 2.73. The SMILES string of the molecule is Cc1nn(C)c(C)c1CC(=O)c1cccc2cnccc12. The van der Waals surface area contributed by atoms with E-state index in [4.69, 9.17) is 0 Å². The Morgan fingerprint density at radius 1 is 1.24 bits per heavy atom. The largest absolute Gasteiger partial charge is 0.294 e. The van der Waals surface area contributed by atoms with Crippen molar-refractivity contribution < 1.29 is 4.79 Å². The minimum Gasteiger partial charge on any atom is -0.294 e. The van der Waals surface area contributed by atoms with Crippen LogP contribution < -0.4 is 0 Å². The molecule has 0 saturated carbocycles. The van der Waals surface area contributed by atoms with Gasteiger partial charge in [0, 0.05) is 48.1 Å². The summed E-state index contributed by atoms with van der Waals surface area (Å²) in [6.45, 7) is 3.94. The van der Waals surface area contributed by atoms with Crippen molar-refractivity contribution in [1.29, 1.82) is 0 Å². The van der Waals surface area contributed by atoms with Crippen LogP contribution >= 0.6 is 0 Å². The fourth-order valence-electron chi connectivity index (χ4n) is 2.69. The molecule has 3 rings (SSSR count). The molecule has 0 saturated heterocycles. The van der Waals surface area contributed by atoms with Crippen molar-refractivity contribution in [2.24, 2.45) is 7.05 Å². The number of aromatic nitrogens is 3. The van der Waals surface area contributed by atoms with Gasteiger partial charge in [0.25, 0.3) is 0 Å². The van der Waals surface area contributed by atoms with Crippen LogP contribution in [-0.2, 0) is 13.5 Å². The summed E-state index contributed by atoms with van der Waals surface area (Å²) in [6, 6.07) is 7.65. The Bertz CT molecular complexity index is 828. The number of rotatable bonds is 3. The first kappa shape index (κ1) is 13.5. The molecule has 1 aromatic carbocycles. The summed E-state index contributed by atoms with van der Waals surface area (Å²) in [6.07, 6.45) is 3.89. The first-order valence-electron chi connectivity index (χ1n) is 6.93. The van der Waals surface area contributed by atoms with Gasteiger partial charge < -0.3 is 0 Å². The molecule has 4 nitrogen and oxygen atoms in total. The van der Waals surface area contributed by atoms with Gasteiger partial charge in [0.05, 0.1) is 5.69 Å². The van der Waals surface area contributed by atoms with E-state index < -0.39 is 0 Å². The van der Waals surface area contributed by atoms with Gasteiger partial charge in [-0.3, -0.25) is 14.5 Å². The highest BCUT2D eigenvalue weighted by Crippen LogP contribution is 2.21. The highest BCUT2D eigenvalue weighted by molar-refractivity contribution is 6.08. The molecule has 0 bridgehead atoms.